The van der Waals surface area contributed by atoms with E-state index in [0.29, 0.717) is 23.4 Å². The van der Waals surface area contributed by atoms with Crippen LogP contribution in [0.2, 0.25) is 5.02 Å². The Bertz CT molecular complexity index is 775. The molecule has 2 rings (SSSR count). The standard InChI is InChI=1S/C15H21ClN4O3S/c1-4-5-10-20-14(17-18-15(20)23-3)11(2)19-24(21,22)13-8-6-12(16)7-9-13/h6-9,11,19H,4-5,10H2,1-3H3/t11-/m1/s1. The van der Waals surface area contributed by atoms with E-state index in [2.05, 4.69) is 21.8 Å². The molecule has 0 aliphatic heterocycles. The van der Waals surface area contributed by atoms with Crippen molar-refractivity contribution in [1.29, 1.82) is 0 Å². The Morgan fingerprint density at radius 2 is 1.96 bits per heavy atom. The van der Waals surface area contributed by atoms with Crippen molar-refractivity contribution >= 4 is 21.6 Å². The zero-order valence-electron chi connectivity index (χ0n) is 13.9. The molecule has 0 aliphatic carbocycles. The van der Waals surface area contributed by atoms with Crippen molar-refractivity contribution < 1.29 is 13.2 Å². The molecular formula is C15H21ClN4O3S. The second-order valence-corrected chi connectivity index (χ2v) is 7.50. The Labute approximate surface area is 147 Å². The molecule has 1 aromatic heterocycles. The number of benzene rings is 1. The first-order valence-electron chi connectivity index (χ1n) is 7.64. The molecule has 0 fully saturated rings. The van der Waals surface area contributed by atoms with Gasteiger partial charge < -0.3 is 4.74 Å². The summed E-state index contributed by atoms with van der Waals surface area (Å²) >= 11 is 5.80. The molecule has 24 heavy (non-hydrogen) atoms. The molecule has 0 amide bonds. The second-order valence-electron chi connectivity index (χ2n) is 5.35. The minimum Gasteiger partial charge on any atom is -0.467 e. The highest BCUT2D eigenvalue weighted by Crippen LogP contribution is 2.21. The number of hydrogen-bond donors (Lipinski definition) is 1. The van der Waals surface area contributed by atoms with E-state index >= 15 is 0 Å². The van der Waals surface area contributed by atoms with Gasteiger partial charge in [-0.15, -0.1) is 5.10 Å². The van der Waals surface area contributed by atoms with E-state index in [1.165, 1.54) is 31.4 Å². The monoisotopic (exact) mass is 372 g/mol. The van der Waals surface area contributed by atoms with Gasteiger partial charge in [-0.2, -0.15) is 0 Å². The number of nitrogens with one attached hydrogen (secondary N) is 1. The van der Waals surface area contributed by atoms with Crippen LogP contribution in [0, 0.1) is 0 Å². The van der Waals surface area contributed by atoms with Crippen LogP contribution in [0.4, 0.5) is 0 Å². The predicted molar refractivity (Wildman–Crippen MR) is 91.7 cm³/mol. The van der Waals surface area contributed by atoms with Crippen LogP contribution in [0.15, 0.2) is 29.2 Å². The third kappa shape index (κ3) is 4.25. The summed E-state index contributed by atoms with van der Waals surface area (Å²) in [5, 5.41) is 8.51. The van der Waals surface area contributed by atoms with Gasteiger partial charge in [0.05, 0.1) is 18.0 Å². The lowest BCUT2D eigenvalue weighted by Crippen LogP contribution is -2.29. The zero-order chi connectivity index (χ0) is 17.7. The Morgan fingerprint density at radius 3 is 2.54 bits per heavy atom. The molecule has 7 nitrogen and oxygen atoms in total. The Morgan fingerprint density at radius 1 is 1.29 bits per heavy atom. The average Bonchev–Trinajstić information content (AvgIpc) is 2.95. The molecule has 0 saturated carbocycles. The normalized spacial score (nSPS) is 13.0. The van der Waals surface area contributed by atoms with Gasteiger partial charge in [0.15, 0.2) is 5.82 Å². The van der Waals surface area contributed by atoms with E-state index in [1.54, 1.807) is 11.5 Å². The van der Waals surface area contributed by atoms with Gasteiger partial charge in [0.1, 0.15) is 0 Å². The van der Waals surface area contributed by atoms with Crippen LogP contribution in [0.1, 0.15) is 38.6 Å². The number of rotatable bonds is 8. The summed E-state index contributed by atoms with van der Waals surface area (Å²) in [6, 6.07) is 5.80. The summed E-state index contributed by atoms with van der Waals surface area (Å²) in [5.41, 5.74) is 0. The van der Waals surface area contributed by atoms with E-state index in [9.17, 15) is 8.42 Å². The number of halogens is 1. The topological polar surface area (TPSA) is 86.1 Å². The average molecular weight is 373 g/mol. The molecule has 0 aliphatic rings. The lowest BCUT2D eigenvalue weighted by Gasteiger charge is -2.16. The number of ether oxygens (including phenoxy) is 1. The number of nitrogens with zero attached hydrogens (tertiary/aromatic N) is 3. The van der Waals surface area contributed by atoms with Crippen molar-refractivity contribution in [1.82, 2.24) is 19.5 Å². The van der Waals surface area contributed by atoms with Crippen molar-refractivity contribution in [2.75, 3.05) is 7.11 Å². The third-order valence-electron chi connectivity index (χ3n) is 3.51. The van der Waals surface area contributed by atoms with Crippen LogP contribution in [0.3, 0.4) is 0 Å². The van der Waals surface area contributed by atoms with Crippen LogP contribution in [0.5, 0.6) is 6.01 Å². The molecule has 2 aromatic rings. The molecule has 132 valence electrons. The van der Waals surface area contributed by atoms with Gasteiger partial charge in [0, 0.05) is 11.6 Å². The van der Waals surface area contributed by atoms with Crippen molar-refractivity contribution in [2.24, 2.45) is 0 Å². The van der Waals surface area contributed by atoms with E-state index in [1.807, 2.05) is 0 Å². The van der Waals surface area contributed by atoms with Gasteiger partial charge in [-0.3, -0.25) is 4.57 Å². The molecule has 0 bridgehead atoms. The Kier molecular flexibility index (Phi) is 6.20. The van der Waals surface area contributed by atoms with Gasteiger partial charge in [-0.25, -0.2) is 13.1 Å². The Hall–Kier alpha value is -1.64. The number of methoxy groups -OCH3 is 1. The Balaban J connectivity index is 2.24. The fourth-order valence-electron chi connectivity index (χ4n) is 2.26. The summed E-state index contributed by atoms with van der Waals surface area (Å²) < 4.78 is 34.6. The molecule has 1 aromatic carbocycles. The molecule has 1 atom stereocenters. The van der Waals surface area contributed by atoms with E-state index in [-0.39, 0.29) is 4.90 Å². The number of hydrogen-bond acceptors (Lipinski definition) is 5. The van der Waals surface area contributed by atoms with Crippen molar-refractivity contribution in [3.63, 3.8) is 0 Å². The summed E-state index contributed by atoms with van der Waals surface area (Å²) in [5.74, 6) is 0.512. The first-order valence-corrected chi connectivity index (χ1v) is 9.50. The maximum Gasteiger partial charge on any atom is 0.316 e. The minimum atomic E-state index is -3.69. The lowest BCUT2D eigenvalue weighted by molar-refractivity contribution is 0.349. The van der Waals surface area contributed by atoms with E-state index < -0.39 is 16.1 Å². The largest absolute Gasteiger partial charge is 0.467 e. The van der Waals surface area contributed by atoms with Gasteiger partial charge >= 0.3 is 6.01 Å². The van der Waals surface area contributed by atoms with E-state index in [4.69, 9.17) is 16.3 Å². The van der Waals surface area contributed by atoms with Crippen LogP contribution < -0.4 is 9.46 Å². The summed E-state index contributed by atoms with van der Waals surface area (Å²) in [4.78, 5) is 0.144. The first-order chi connectivity index (χ1) is 11.4. The summed E-state index contributed by atoms with van der Waals surface area (Å²) in [6.45, 7) is 4.46. The summed E-state index contributed by atoms with van der Waals surface area (Å²) in [6.07, 6.45) is 1.91. The molecule has 0 radical (unpaired) electrons. The van der Waals surface area contributed by atoms with Crippen LogP contribution in [0.25, 0.3) is 0 Å². The second kappa shape index (κ2) is 7.96. The molecule has 0 spiro atoms. The number of unbranched alkanes of at least 4 members (excludes halogenated alkanes) is 1. The van der Waals surface area contributed by atoms with Gasteiger partial charge in [0.2, 0.25) is 10.0 Å². The maximum atomic E-state index is 12.5. The van der Waals surface area contributed by atoms with Crippen LogP contribution in [-0.2, 0) is 16.6 Å². The van der Waals surface area contributed by atoms with Crippen molar-refractivity contribution in [3.05, 3.63) is 35.1 Å². The summed E-state index contributed by atoms with van der Waals surface area (Å²) in [7, 11) is -2.18. The van der Waals surface area contributed by atoms with Gasteiger partial charge in [-0.05, 0) is 37.6 Å². The highest BCUT2D eigenvalue weighted by molar-refractivity contribution is 7.89. The smallest absolute Gasteiger partial charge is 0.316 e. The van der Waals surface area contributed by atoms with Crippen LogP contribution in [-0.4, -0.2) is 30.3 Å². The van der Waals surface area contributed by atoms with E-state index in [0.717, 1.165) is 12.8 Å². The molecule has 1 heterocycles. The predicted octanol–water partition coefficient (Wildman–Crippen LogP) is 2.78. The zero-order valence-corrected chi connectivity index (χ0v) is 15.4. The molecule has 0 unspecified atom stereocenters. The quantitative estimate of drug-likeness (QED) is 0.770. The molecular weight excluding hydrogens is 352 g/mol. The highest BCUT2D eigenvalue weighted by atomic mass is 35.5. The van der Waals surface area contributed by atoms with Crippen molar-refractivity contribution in [3.8, 4) is 6.01 Å². The van der Waals surface area contributed by atoms with Crippen molar-refractivity contribution in [2.45, 2.75) is 44.2 Å². The molecule has 9 heteroatoms. The molecule has 1 N–H and O–H groups in total. The third-order valence-corrected chi connectivity index (χ3v) is 5.32. The van der Waals surface area contributed by atoms with Gasteiger partial charge in [0.25, 0.3) is 0 Å². The van der Waals surface area contributed by atoms with Crippen LogP contribution >= 0.6 is 11.6 Å². The lowest BCUT2D eigenvalue weighted by atomic mass is 10.3. The fourth-order valence-corrected chi connectivity index (χ4v) is 3.59. The highest BCUT2D eigenvalue weighted by Gasteiger charge is 2.23. The van der Waals surface area contributed by atoms with Gasteiger partial charge in [-0.1, -0.05) is 30.0 Å². The number of sulfonamides is 1. The first kappa shape index (κ1) is 18.7. The number of aromatic nitrogens is 3. The molecule has 0 saturated heterocycles. The SMILES string of the molecule is CCCCn1c(OC)nnc1[C@@H](C)NS(=O)(=O)c1ccc(Cl)cc1. The fraction of sp³-hybridized carbons (Fsp3) is 0.467. The minimum absolute atomic E-state index is 0.144. The maximum absolute atomic E-state index is 12.5.